The van der Waals surface area contributed by atoms with Crippen molar-refractivity contribution in [2.24, 2.45) is 5.41 Å². The van der Waals surface area contributed by atoms with Crippen LogP contribution >= 0.6 is 28.1 Å². The molecule has 2 aromatic carbocycles. The van der Waals surface area contributed by atoms with Crippen LogP contribution in [0.15, 0.2) is 87.9 Å². The summed E-state index contributed by atoms with van der Waals surface area (Å²) in [6.07, 6.45) is 1.77. The number of hydrogen-bond donors (Lipinski definition) is 2. The summed E-state index contributed by atoms with van der Waals surface area (Å²) in [5.74, 6) is 1.92. The Morgan fingerprint density at radius 1 is 1.10 bits per heavy atom. The average Bonchev–Trinajstić information content (AvgIpc) is 3.54. The molecule has 1 fully saturated rings. The number of furan rings is 1. The van der Waals surface area contributed by atoms with Crippen LogP contribution in [-0.4, -0.2) is 23.1 Å². The number of anilines is 2. The summed E-state index contributed by atoms with van der Waals surface area (Å²) in [6.45, 7) is 5.60. The van der Waals surface area contributed by atoms with Crippen molar-refractivity contribution < 1.29 is 13.9 Å². The maximum absolute atomic E-state index is 12.6. The van der Waals surface area contributed by atoms with Gasteiger partial charge in [0.15, 0.2) is 5.11 Å². The third-order valence-electron chi connectivity index (χ3n) is 6.54. The molecule has 1 amide bonds. The lowest BCUT2D eigenvalue weighted by molar-refractivity contribution is -0.123. The summed E-state index contributed by atoms with van der Waals surface area (Å²) in [4.78, 5) is 19.3. The molecule has 2 atom stereocenters. The monoisotopic (exact) mass is 604 g/mol. The van der Waals surface area contributed by atoms with Crippen LogP contribution in [0.5, 0.6) is 5.75 Å². The third-order valence-corrected chi connectivity index (χ3v) is 7.38. The van der Waals surface area contributed by atoms with Gasteiger partial charge in [-0.15, -0.1) is 0 Å². The van der Waals surface area contributed by atoms with Gasteiger partial charge >= 0.3 is 0 Å². The topological polar surface area (TPSA) is 79.6 Å². The highest BCUT2D eigenvalue weighted by Crippen LogP contribution is 2.44. The highest BCUT2D eigenvalue weighted by Gasteiger charge is 2.43. The first kappa shape index (κ1) is 26.9. The number of benzene rings is 2. The number of rotatable bonds is 6. The minimum absolute atomic E-state index is 0.101. The highest BCUT2D eigenvalue weighted by atomic mass is 79.9. The number of pyridine rings is 1. The van der Waals surface area contributed by atoms with Crippen LogP contribution in [-0.2, 0) is 4.79 Å². The second kappa shape index (κ2) is 10.8. The van der Waals surface area contributed by atoms with Crippen molar-refractivity contribution in [3.63, 3.8) is 0 Å². The first-order valence-electron chi connectivity index (χ1n) is 12.5. The Morgan fingerprint density at radius 3 is 2.54 bits per heavy atom. The highest BCUT2D eigenvalue weighted by molar-refractivity contribution is 9.10. The molecule has 39 heavy (non-hydrogen) atoms. The van der Waals surface area contributed by atoms with E-state index < -0.39 is 5.41 Å². The lowest BCUT2D eigenvalue weighted by Gasteiger charge is -2.27. The number of carbonyl (C=O) groups excluding carboxylic acids is 1. The summed E-state index contributed by atoms with van der Waals surface area (Å²) in [7, 11) is 1.58. The smallest absolute Gasteiger partial charge is 0.229 e. The lowest BCUT2D eigenvalue weighted by atomic mass is 9.95. The van der Waals surface area contributed by atoms with Gasteiger partial charge in [-0.1, -0.05) is 54.9 Å². The van der Waals surface area contributed by atoms with E-state index in [9.17, 15) is 4.79 Å². The molecule has 0 spiro atoms. The predicted molar refractivity (Wildman–Crippen MR) is 161 cm³/mol. The number of thiocarbonyl (C=S) groups is 1. The Hall–Kier alpha value is -3.69. The maximum atomic E-state index is 12.6. The largest absolute Gasteiger partial charge is 0.494 e. The van der Waals surface area contributed by atoms with Gasteiger partial charge in [0, 0.05) is 33.4 Å². The quantitative estimate of drug-likeness (QED) is 0.224. The second-order valence-corrected chi connectivity index (χ2v) is 11.6. The molecule has 0 saturated carbocycles. The molecule has 4 aromatic rings. The molecule has 1 aliphatic heterocycles. The molecule has 2 N–H and O–H groups in total. The Balaban J connectivity index is 1.55. The van der Waals surface area contributed by atoms with Gasteiger partial charge in [0.1, 0.15) is 23.3 Å². The van der Waals surface area contributed by atoms with E-state index in [1.165, 1.54) is 0 Å². The molecule has 1 aliphatic rings. The molecular weight excluding hydrogens is 576 g/mol. The molecule has 0 aliphatic carbocycles. The van der Waals surface area contributed by atoms with Crippen LogP contribution < -0.4 is 20.3 Å². The Kier molecular flexibility index (Phi) is 7.46. The van der Waals surface area contributed by atoms with Crippen LogP contribution in [0.1, 0.15) is 44.3 Å². The molecule has 1 saturated heterocycles. The van der Waals surface area contributed by atoms with Crippen LogP contribution in [0, 0.1) is 5.41 Å². The van der Waals surface area contributed by atoms with Crippen molar-refractivity contribution in [2.45, 2.75) is 32.9 Å². The van der Waals surface area contributed by atoms with E-state index in [-0.39, 0.29) is 18.0 Å². The second-order valence-electron chi connectivity index (χ2n) is 10.3. The number of nitrogens with zero attached hydrogens (tertiary/aromatic N) is 2. The van der Waals surface area contributed by atoms with Gasteiger partial charge < -0.3 is 24.7 Å². The number of aromatic nitrogens is 1. The van der Waals surface area contributed by atoms with Crippen molar-refractivity contribution in [2.75, 3.05) is 17.3 Å². The van der Waals surface area contributed by atoms with Gasteiger partial charge in [-0.05, 0) is 60.7 Å². The van der Waals surface area contributed by atoms with E-state index in [0.717, 1.165) is 32.9 Å². The number of methoxy groups -OCH3 is 1. The van der Waals surface area contributed by atoms with Gasteiger partial charge in [0.2, 0.25) is 5.91 Å². The van der Waals surface area contributed by atoms with E-state index in [1.54, 1.807) is 13.3 Å². The number of ether oxygens (including phenoxy) is 1. The van der Waals surface area contributed by atoms with Gasteiger partial charge in [-0.3, -0.25) is 9.78 Å². The third kappa shape index (κ3) is 5.55. The summed E-state index contributed by atoms with van der Waals surface area (Å²) >= 11 is 9.34. The van der Waals surface area contributed by atoms with E-state index in [1.807, 2.05) is 98.5 Å². The predicted octanol–water partition coefficient (Wildman–Crippen LogP) is 7.27. The molecule has 3 heterocycles. The fourth-order valence-electron chi connectivity index (χ4n) is 4.45. The average molecular weight is 606 g/mol. The molecule has 200 valence electrons. The number of nitrogens with one attached hydrogen (secondary N) is 2. The Morgan fingerprint density at radius 2 is 1.87 bits per heavy atom. The summed E-state index contributed by atoms with van der Waals surface area (Å²) in [5.41, 5.74) is 2.65. The molecule has 5 rings (SSSR count). The SMILES string of the molecule is COc1cc(N2C(=S)N[C@@H](c3ccccn3)[C@@H]2c2ccc(-c3ccc(Br)cc3)o2)ccc1NC(=O)C(C)(C)C. The van der Waals surface area contributed by atoms with Crippen molar-refractivity contribution in [3.05, 3.63) is 94.9 Å². The van der Waals surface area contributed by atoms with Crippen LogP contribution in [0.2, 0.25) is 0 Å². The van der Waals surface area contributed by atoms with E-state index in [4.69, 9.17) is 21.4 Å². The molecule has 0 bridgehead atoms. The van der Waals surface area contributed by atoms with Crippen molar-refractivity contribution in [1.82, 2.24) is 10.3 Å². The first-order valence-corrected chi connectivity index (χ1v) is 13.7. The minimum atomic E-state index is -0.545. The van der Waals surface area contributed by atoms with Gasteiger partial charge in [0.05, 0.1) is 24.5 Å². The molecular formula is C30H29BrN4O3S. The fraction of sp³-hybridized carbons (Fsp3) is 0.233. The summed E-state index contributed by atoms with van der Waals surface area (Å²) in [6, 6.07) is 22.8. The van der Waals surface area contributed by atoms with Gasteiger partial charge in [-0.2, -0.15) is 0 Å². The maximum Gasteiger partial charge on any atom is 0.229 e. The van der Waals surface area contributed by atoms with Gasteiger partial charge in [-0.25, -0.2) is 0 Å². The Labute approximate surface area is 241 Å². The van der Waals surface area contributed by atoms with Crippen LogP contribution in [0.3, 0.4) is 0 Å². The summed E-state index contributed by atoms with van der Waals surface area (Å²) in [5, 5.41) is 6.95. The zero-order valence-corrected chi connectivity index (χ0v) is 24.5. The molecule has 0 unspecified atom stereocenters. The normalized spacial score (nSPS) is 17.2. The first-order chi connectivity index (χ1) is 18.7. The number of amides is 1. The van der Waals surface area contributed by atoms with E-state index in [0.29, 0.717) is 16.5 Å². The van der Waals surface area contributed by atoms with Gasteiger partial charge in [0.25, 0.3) is 0 Å². The minimum Gasteiger partial charge on any atom is -0.494 e. The molecule has 9 heteroatoms. The standard InChI is InChI=1S/C30H29BrN4O3S/c1-30(2,3)28(36)33-21-13-12-20(17-25(21)37-4)35-27(26(34-29(35)39)22-7-5-6-16-32-22)24-15-14-23(38-24)18-8-10-19(31)11-9-18/h5-17,26-27H,1-4H3,(H,33,36)(H,34,39)/t26-,27-/m0/s1. The van der Waals surface area contributed by atoms with E-state index >= 15 is 0 Å². The number of halogens is 1. The fourth-order valence-corrected chi connectivity index (χ4v) is 5.06. The van der Waals surface area contributed by atoms with Crippen LogP contribution in [0.4, 0.5) is 11.4 Å². The van der Waals surface area contributed by atoms with E-state index in [2.05, 4.69) is 31.5 Å². The lowest BCUT2D eigenvalue weighted by Crippen LogP contribution is -2.30. The molecule has 2 aromatic heterocycles. The number of carbonyl (C=O) groups is 1. The number of hydrogen-bond acceptors (Lipinski definition) is 5. The molecule has 7 nitrogen and oxygen atoms in total. The van der Waals surface area contributed by atoms with Crippen molar-refractivity contribution >= 4 is 50.5 Å². The zero-order chi connectivity index (χ0) is 27.7. The molecule has 0 radical (unpaired) electrons. The van der Waals surface area contributed by atoms with Crippen molar-refractivity contribution in [1.29, 1.82) is 0 Å². The van der Waals surface area contributed by atoms with Crippen LogP contribution in [0.25, 0.3) is 11.3 Å². The zero-order valence-electron chi connectivity index (χ0n) is 22.1. The van der Waals surface area contributed by atoms with Crippen molar-refractivity contribution in [3.8, 4) is 17.1 Å². The summed E-state index contributed by atoms with van der Waals surface area (Å²) < 4.78 is 13.1. The Bertz CT molecular complexity index is 1500.